The molecule has 0 fully saturated rings. The molecule has 0 bridgehead atoms. The third-order valence-corrected chi connectivity index (χ3v) is 3.55. The van der Waals surface area contributed by atoms with Gasteiger partial charge in [0.05, 0.1) is 5.56 Å². The zero-order valence-corrected chi connectivity index (χ0v) is 13.8. The lowest BCUT2D eigenvalue weighted by molar-refractivity contribution is -0.137. The van der Waals surface area contributed by atoms with Crippen molar-refractivity contribution in [2.45, 2.75) is 19.5 Å². The van der Waals surface area contributed by atoms with Gasteiger partial charge in [-0.05, 0) is 42.5 Å². The number of alkyl halides is 3. The van der Waals surface area contributed by atoms with Gasteiger partial charge in [0.2, 0.25) is 11.8 Å². The van der Waals surface area contributed by atoms with E-state index in [1.165, 1.54) is 48.2 Å². The molecule has 0 atom stereocenters. The Morgan fingerprint density at radius 1 is 1.08 bits per heavy atom. The van der Waals surface area contributed by atoms with E-state index in [-0.39, 0.29) is 24.6 Å². The van der Waals surface area contributed by atoms with E-state index in [0.717, 1.165) is 12.1 Å². The van der Waals surface area contributed by atoms with Crippen molar-refractivity contribution < 1.29 is 27.2 Å². The maximum Gasteiger partial charge on any atom is 0.416 e. The number of carbonyl (C=O) groups is 2. The third kappa shape index (κ3) is 5.30. The van der Waals surface area contributed by atoms with Crippen LogP contribution >= 0.6 is 0 Å². The van der Waals surface area contributed by atoms with Crippen LogP contribution in [0.1, 0.15) is 18.9 Å². The van der Waals surface area contributed by atoms with E-state index in [2.05, 4.69) is 5.32 Å². The summed E-state index contributed by atoms with van der Waals surface area (Å²) in [5.74, 6) is -1.35. The summed E-state index contributed by atoms with van der Waals surface area (Å²) in [6.07, 6.45) is -4.64. The van der Waals surface area contributed by atoms with Gasteiger partial charge in [-0.2, -0.15) is 13.2 Å². The molecule has 0 aliphatic heterocycles. The topological polar surface area (TPSA) is 49.4 Å². The smallest absolute Gasteiger partial charge is 0.326 e. The highest BCUT2D eigenvalue weighted by molar-refractivity contribution is 5.94. The summed E-state index contributed by atoms with van der Waals surface area (Å²) in [6, 6.07) is 9.46. The van der Waals surface area contributed by atoms with E-state index in [1.807, 2.05) is 0 Å². The fourth-order valence-corrected chi connectivity index (χ4v) is 2.30. The summed E-state index contributed by atoms with van der Waals surface area (Å²) >= 11 is 0. The van der Waals surface area contributed by atoms with Crippen LogP contribution in [0, 0.1) is 5.82 Å². The second-order valence-corrected chi connectivity index (χ2v) is 5.52. The van der Waals surface area contributed by atoms with E-state index in [9.17, 15) is 27.2 Å². The van der Waals surface area contributed by atoms with Crippen LogP contribution in [-0.4, -0.2) is 18.4 Å². The van der Waals surface area contributed by atoms with Crippen LogP contribution in [-0.2, 0) is 15.8 Å². The average Bonchev–Trinajstić information content (AvgIpc) is 2.56. The number of amides is 2. The molecule has 0 aliphatic rings. The molecule has 0 saturated carbocycles. The lowest BCUT2D eigenvalue weighted by Crippen LogP contribution is -2.31. The van der Waals surface area contributed by atoms with Gasteiger partial charge in [-0.1, -0.05) is 6.07 Å². The van der Waals surface area contributed by atoms with Crippen LogP contribution in [0.3, 0.4) is 0 Å². The Morgan fingerprint density at radius 3 is 2.31 bits per heavy atom. The molecule has 4 nitrogen and oxygen atoms in total. The Morgan fingerprint density at radius 2 is 1.73 bits per heavy atom. The minimum absolute atomic E-state index is 0.00571. The van der Waals surface area contributed by atoms with Gasteiger partial charge in [0, 0.05) is 31.3 Å². The molecule has 26 heavy (non-hydrogen) atoms. The van der Waals surface area contributed by atoms with Gasteiger partial charge in [-0.15, -0.1) is 0 Å². The monoisotopic (exact) mass is 368 g/mol. The maximum atomic E-state index is 13.0. The predicted molar refractivity (Wildman–Crippen MR) is 89.1 cm³/mol. The third-order valence-electron chi connectivity index (χ3n) is 3.55. The Bertz CT molecular complexity index is 789. The normalized spacial score (nSPS) is 11.1. The average molecular weight is 368 g/mol. The Hall–Kier alpha value is -2.90. The van der Waals surface area contributed by atoms with Gasteiger partial charge in [-0.3, -0.25) is 9.59 Å². The maximum absolute atomic E-state index is 13.0. The number of nitrogens with one attached hydrogen (secondary N) is 1. The molecule has 0 spiro atoms. The molecular weight excluding hydrogens is 352 g/mol. The number of benzene rings is 2. The number of anilines is 2. The lowest BCUT2D eigenvalue weighted by atomic mass is 10.2. The molecule has 0 radical (unpaired) electrons. The van der Waals surface area contributed by atoms with Gasteiger partial charge in [0.1, 0.15) is 5.82 Å². The lowest BCUT2D eigenvalue weighted by Gasteiger charge is -2.21. The first-order chi connectivity index (χ1) is 12.2. The Kier molecular flexibility index (Phi) is 5.97. The first-order valence-electron chi connectivity index (χ1n) is 7.67. The van der Waals surface area contributed by atoms with Crippen LogP contribution in [0.4, 0.5) is 28.9 Å². The first kappa shape index (κ1) is 19.4. The number of nitrogens with zero attached hydrogens (tertiary/aromatic N) is 1. The number of rotatable bonds is 5. The van der Waals surface area contributed by atoms with Crippen molar-refractivity contribution in [3.63, 3.8) is 0 Å². The standard InChI is InChI=1S/C18H16F4N2O2/c1-12(25)24(16-7-5-14(19)6-8-16)10-9-17(26)23-15-4-2-3-13(11-15)18(20,21)22/h2-8,11H,9-10H2,1H3,(H,23,26). The van der Waals surface area contributed by atoms with Crippen LogP contribution < -0.4 is 10.2 Å². The molecule has 2 aromatic rings. The SMILES string of the molecule is CC(=O)N(CCC(=O)Nc1cccc(C(F)(F)F)c1)c1ccc(F)cc1. The highest BCUT2D eigenvalue weighted by Crippen LogP contribution is 2.30. The molecule has 0 saturated heterocycles. The minimum Gasteiger partial charge on any atom is -0.326 e. The molecule has 8 heteroatoms. The molecule has 0 aromatic heterocycles. The second kappa shape index (κ2) is 7.99. The van der Waals surface area contributed by atoms with Crippen molar-refractivity contribution in [1.29, 1.82) is 0 Å². The molecule has 0 aliphatic carbocycles. The predicted octanol–water partition coefficient (Wildman–Crippen LogP) is 4.23. The summed E-state index contributed by atoms with van der Waals surface area (Å²) < 4.78 is 51.0. The van der Waals surface area contributed by atoms with Crippen molar-refractivity contribution in [3.05, 3.63) is 59.9 Å². The number of hydrogen-bond acceptors (Lipinski definition) is 2. The van der Waals surface area contributed by atoms with E-state index in [4.69, 9.17) is 0 Å². The van der Waals surface area contributed by atoms with E-state index < -0.39 is 23.5 Å². The fourth-order valence-electron chi connectivity index (χ4n) is 2.30. The van der Waals surface area contributed by atoms with E-state index in [0.29, 0.717) is 5.69 Å². The fraction of sp³-hybridized carbons (Fsp3) is 0.222. The summed E-state index contributed by atoms with van der Waals surface area (Å²) in [5.41, 5.74) is -0.432. The van der Waals surface area contributed by atoms with Crippen LogP contribution in [0.25, 0.3) is 0 Å². The molecule has 1 N–H and O–H groups in total. The molecule has 2 rings (SSSR count). The van der Waals surface area contributed by atoms with Gasteiger partial charge in [-0.25, -0.2) is 4.39 Å². The molecular formula is C18H16F4N2O2. The van der Waals surface area contributed by atoms with E-state index >= 15 is 0 Å². The van der Waals surface area contributed by atoms with Crippen molar-refractivity contribution in [2.75, 3.05) is 16.8 Å². The van der Waals surface area contributed by atoms with Gasteiger partial charge in [0.25, 0.3) is 0 Å². The summed E-state index contributed by atoms with van der Waals surface area (Å²) in [6.45, 7) is 1.31. The molecule has 138 valence electrons. The highest BCUT2D eigenvalue weighted by Gasteiger charge is 2.30. The van der Waals surface area contributed by atoms with Crippen molar-refractivity contribution >= 4 is 23.2 Å². The van der Waals surface area contributed by atoms with Crippen molar-refractivity contribution in [1.82, 2.24) is 0 Å². The quantitative estimate of drug-likeness (QED) is 0.803. The first-order valence-corrected chi connectivity index (χ1v) is 7.67. The largest absolute Gasteiger partial charge is 0.416 e. The van der Waals surface area contributed by atoms with E-state index in [1.54, 1.807) is 0 Å². The minimum atomic E-state index is -4.51. The van der Waals surface area contributed by atoms with Crippen LogP contribution in [0.2, 0.25) is 0 Å². The number of halogens is 4. The zero-order chi connectivity index (χ0) is 19.3. The Balaban J connectivity index is 2.00. The van der Waals surface area contributed by atoms with Gasteiger partial charge in [0.15, 0.2) is 0 Å². The summed E-state index contributed by atoms with van der Waals surface area (Å²) in [7, 11) is 0. The highest BCUT2D eigenvalue weighted by atomic mass is 19.4. The van der Waals surface area contributed by atoms with Gasteiger partial charge < -0.3 is 10.2 Å². The molecule has 2 aromatic carbocycles. The summed E-state index contributed by atoms with van der Waals surface area (Å²) in [4.78, 5) is 25.0. The van der Waals surface area contributed by atoms with Gasteiger partial charge >= 0.3 is 6.18 Å². The molecule has 0 unspecified atom stereocenters. The zero-order valence-electron chi connectivity index (χ0n) is 13.8. The molecule has 2 amide bonds. The van der Waals surface area contributed by atoms with Crippen LogP contribution in [0.15, 0.2) is 48.5 Å². The van der Waals surface area contributed by atoms with Crippen molar-refractivity contribution in [3.8, 4) is 0 Å². The Labute approximate surface area is 147 Å². The van der Waals surface area contributed by atoms with Crippen molar-refractivity contribution in [2.24, 2.45) is 0 Å². The molecule has 0 heterocycles. The number of carbonyl (C=O) groups excluding carboxylic acids is 2. The number of hydrogen-bond donors (Lipinski definition) is 1. The second-order valence-electron chi connectivity index (χ2n) is 5.52. The summed E-state index contributed by atoms with van der Waals surface area (Å²) in [5, 5.41) is 2.37. The van der Waals surface area contributed by atoms with Crippen LogP contribution in [0.5, 0.6) is 0 Å².